The molecule has 1 aromatic carbocycles. The van der Waals surface area contributed by atoms with Crippen LogP contribution in [0.1, 0.15) is 48.7 Å². The first-order chi connectivity index (χ1) is 9.57. The SMILES string of the molecule is CC[C@H](C)[C@H](C)NC(=O)c1cc(C)c(C)c(S(N)(=O)=O)c1. The summed E-state index contributed by atoms with van der Waals surface area (Å²) in [6.07, 6.45) is 0.955. The van der Waals surface area contributed by atoms with Crippen molar-refractivity contribution in [1.82, 2.24) is 5.32 Å². The molecule has 3 N–H and O–H groups in total. The van der Waals surface area contributed by atoms with Crippen molar-refractivity contribution in [3.63, 3.8) is 0 Å². The maximum Gasteiger partial charge on any atom is 0.251 e. The van der Waals surface area contributed by atoms with E-state index in [0.717, 1.165) is 12.0 Å². The van der Waals surface area contributed by atoms with Gasteiger partial charge >= 0.3 is 0 Å². The summed E-state index contributed by atoms with van der Waals surface area (Å²) >= 11 is 0. The molecule has 0 spiro atoms. The third-order valence-electron chi connectivity index (χ3n) is 4.04. The van der Waals surface area contributed by atoms with Crippen LogP contribution in [0.15, 0.2) is 17.0 Å². The summed E-state index contributed by atoms with van der Waals surface area (Å²) in [4.78, 5) is 12.3. The van der Waals surface area contributed by atoms with E-state index in [1.807, 2.05) is 6.92 Å². The summed E-state index contributed by atoms with van der Waals surface area (Å²) in [6, 6.07) is 3.04. The normalized spacial score (nSPS) is 14.6. The Hall–Kier alpha value is -1.40. The van der Waals surface area contributed by atoms with Crippen LogP contribution in [0.5, 0.6) is 0 Å². The minimum Gasteiger partial charge on any atom is -0.349 e. The Morgan fingerprint density at radius 2 is 1.86 bits per heavy atom. The van der Waals surface area contributed by atoms with Gasteiger partial charge in [0.25, 0.3) is 5.91 Å². The molecule has 0 unspecified atom stereocenters. The molecule has 0 aromatic heterocycles. The molecule has 2 atom stereocenters. The second-order valence-electron chi connectivity index (χ2n) is 5.61. The van der Waals surface area contributed by atoms with Gasteiger partial charge in [-0.15, -0.1) is 0 Å². The number of hydrogen-bond donors (Lipinski definition) is 2. The average Bonchev–Trinajstić information content (AvgIpc) is 2.38. The van der Waals surface area contributed by atoms with Gasteiger partial charge in [0.2, 0.25) is 10.0 Å². The van der Waals surface area contributed by atoms with Gasteiger partial charge < -0.3 is 5.32 Å². The van der Waals surface area contributed by atoms with Crippen LogP contribution >= 0.6 is 0 Å². The molecule has 0 fully saturated rings. The molecule has 0 radical (unpaired) electrons. The fourth-order valence-corrected chi connectivity index (χ4v) is 2.92. The number of aryl methyl sites for hydroxylation is 1. The molecule has 0 aliphatic heterocycles. The van der Waals surface area contributed by atoms with Gasteiger partial charge in [0.05, 0.1) is 4.90 Å². The Kier molecular flexibility index (Phi) is 5.53. The Morgan fingerprint density at radius 1 is 1.29 bits per heavy atom. The molecule has 118 valence electrons. The van der Waals surface area contributed by atoms with Gasteiger partial charge in [-0.25, -0.2) is 13.6 Å². The number of amides is 1. The van der Waals surface area contributed by atoms with Crippen molar-refractivity contribution >= 4 is 15.9 Å². The fraction of sp³-hybridized carbons (Fsp3) is 0.533. The van der Waals surface area contributed by atoms with Gasteiger partial charge in [0.15, 0.2) is 0 Å². The predicted molar refractivity (Wildman–Crippen MR) is 83.7 cm³/mol. The molecular formula is C15H24N2O3S. The Labute approximate surface area is 127 Å². The highest BCUT2D eigenvalue weighted by Gasteiger charge is 2.19. The molecule has 1 rings (SSSR count). The Morgan fingerprint density at radius 3 is 2.33 bits per heavy atom. The van der Waals surface area contributed by atoms with Crippen LogP contribution in [-0.4, -0.2) is 20.4 Å². The van der Waals surface area contributed by atoms with Crippen LogP contribution < -0.4 is 10.5 Å². The monoisotopic (exact) mass is 312 g/mol. The standard InChI is InChI=1S/C15H24N2O3S/c1-6-9(2)12(5)17-15(18)13-7-10(3)11(4)14(8-13)21(16,19)20/h7-9,12H,6H2,1-5H3,(H,17,18)(H2,16,19,20)/t9-,12-/m0/s1. The number of hydrogen-bond acceptors (Lipinski definition) is 3. The van der Waals surface area contributed by atoms with Crippen molar-refractivity contribution in [3.8, 4) is 0 Å². The third kappa shape index (κ3) is 4.28. The number of nitrogens with two attached hydrogens (primary N) is 1. The molecule has 0 saturated carbocycles. The quantitative estimate of drug-likeness (QED) is 0.872. The maximum atomic E-state index is 12.3. The number of carbonyl (C=O) groups excluding carboxylic acids is 1. The van der Waals surface area contributed by atoms with Crippen LogP contribution in [0.25, 0.3) is 0 Å². The summed E-state index contributed by atoms with van der Waals surface area (Å²) in [6.45, 7) is 9.49. The van der Waals surface area contributed by atoms with E-state index in [1.54, 1.807) is 19.9 Å². The van der Waals surface area contributed by atoms with Crippen LogP contribution in [0, 0.1) is 19.8 Å². The molecule has 0 aliphatic rings. The molecule has 6 heteroatoms. The number of rotatable bonds is 5. The zero-order valence-corrected chi connectivity index (χ0v) is 14.0. The molecule has 5 nitrogen and oxygen atoms in total. The highest BCUT2D eigenvalue weighted by molar-refractivity contribution is 7.89. The molecule has 0 heterocycles. The maximum absolute atomic E-state index is 12.3. The van der Waals surface area contributed by atoms with Gasteiger partial charge in [-0.2, -0.15) is 0 Å². The highest BCUT2D eigenvalue weighted by Crippen LogP contribution is 2.20. The number of primary sulfonamides is 1. The van der Waals surface area contributed by atoms with Crippen molar-refractivity contribution in [3.05, 3.63) is 28.8 Å². The predicted octanol–water partition coefficient (Wildman–Crippen LogP) is 2.12. The van der Waals surface area contributed by atoms with E-state index in [4.69, 9.17) is 5.14 Å². The molecule has 0 saturated heterocycles. The molecular weight excluding hydrogens is 288 g/mol. The van der Waals surface area contributed by atoms with E-state index in [1.165, 1.54) is 6.07 Å². The first-order valence-electron chi connectivity index (χ1n) is 7.02. The number of carbonyl (C=O) groups is 1. The fourth-order valence-electron chi connectivity index (χ4n) is 2.04. The molecule has 1 amide bonds. The first-order valence-corrected chi connectivity index (χ1v) is 8.57. The Bertz CT molecular complexity index is 639. The van der Waals surface area contributed by atoms with E-state index < -0.39 is 10.0 Å². The largest absolute Gasteiger partial charge is 0.349 e. The average molecular weight is 312 g/mol. The number of sulfonamides is 1. The topological polar surface area (TPSA) is 89.3 Å². The smallest absolute Gasteiger partial charge is 0.251 e. The summed E-state index contributed by atoms with van der Waals surface area (Å²) in [5, 5.41) is 8.10. The summed E-state index contributed by atoms with van der Waals surface area (Å²) in [5.74, 6) is 0.0639. The first kappa shape index (κ1) is 17.7. The minimum atomic E-state index is -3.84. The van der Waals surface area contributed by atoms with Crippen molar-refractivity contribution in [2.45, 2.75) is 52.0 Å². The van der Waals surface area contributed by atoms with Crippen LogP contribution in [0.3, 0.4) is 0 Å². The van der Waals surface area contributed by atoms with Gasteiger partial charge in [-0.1, -0.05) is 20.3 Å². The number of benzene rings is 1. The van der Waals surface area contributed by atoms with Crippen molar-refractivity contribution in [2.75, 3.05) is 0 Å². The lowest BCUT2D eigenvalue weighted by Crippen LogP contribution is -2.37. The summed E-state index contributed by atoms with van der Waals surface area (Å²) in [7, 11) is -3.84. The van der Waals surface area contributed by atoms with E-state index in [2.05, 4.69) is 19.2 Å². The lowest BCUT2D eigenvalue weighted by atomic mass is 10.00. The minimum absolute atomic E-state index is 0.00356. The van der Waals surface area contributed by atoms with Gasteiger partial charge in [0.1, 0.15) is 0 Å². The van der Waals surface area contributed by atoms with Gasteiger partial charge in [-0.05, 0) is 49.9 Å². The summed E-state index contributed by atoms with van der Waals surface area (Å²) < 4.78 is 23.2. The summed E-state index contributed by atoms with van der Waals surface area (Å²) in [5.41, 5.74) is 1.61. The molecule has 1 aromatic rings. The lowest BCUT2D eigenvalue weighted by Gasteiger charge is -2.20. The van der Waals surface area contributed by atoms with E-state index >= 15 is 0 Å². The Balaban J connectivity index is 3.15. The molecule has 0 aliphatic carbocycles. The van der Waals surface area contributed by atoms with Gasteiger partial charge in [-0.3, -0.25) is 4.79 Å². The molecule has 0 bridgehead atoms. The van der Waals surface area contributed by atoms with Gasteiger partial charge in [0, 0.05) is 11.6 Å². The second kappa shape index (κ2) is 6.58. The van der Waals surface area contributed by atoms with E-state index in [-0.39, 0.29) is 16.8 Å². The highest BCUT2D eigenvalue weighted by atomic mass is 32.2. The third-order valence-corrected chi connectivity index (χ3v) is 5.08. The van der Waals surface area contributed by atoms with Crippen LogP contribution in [-0.2, 0) is 10.0 Å². The van der Waals surface area contributed by atoms with Crippen LogP contribution in [0.4, 0.5) is 0 Å². The van der Waals surface area contributed by atoms with Crippen molar-refractivity contribution < 1.29 is 13.2 Å². The van der Waals surface area contributed by atoms with Crippen molar-refractivity contribution in [1.29, 1.82) is 0 Å². The zero-order chi connectivity index (χ0) is 16.4. The van der Waals surface area contributed by atoms with E-state index in [0.29, 0.717) is 17.0 Å². The zero-order valence-electron chi connectivity index (χ0n) is 13.2. The van der Waals surface area contributed by atoms with Crippen molar-refractivity contribution in [2.24, 2.45) is 11.1 Å². The van der Waals surface area contributed by atoms with E-state index in [9.17, 15) is 13.2 Å². The lowest BCUT2D eigenvalue weighted by molar-refractivity contribution is 0.0928. The van der Waals surface area contributed by atoms with Crippen LogP contribution in [0.2, 0.25) is 0 Å². The molecule has 21 heavy (non-hydrogen) atoms. The number of nitrogens with one attached hydrogen (secondary N) is 1. The second-order valence-corrected chi connectivity index (χ2v) is 7.14.